The molecule has 7 atom stereocenters. The quantitative estimate of drug-likeness (QED) is 0.111. The number of hydrogen-bond acceptors (Lipinski definition) is 7. The number of benzene rings is 3. The number of carbonyl (C=O) groups is 1. The molecule has 0 unspecified atom stereocenters. The van der Waals surface area contributed by atoms with Crippen LogP contribution in [0.15, 0.2) is 114 Å². The Bertz CT molecular complexity index is 1560. The van der Waals surface area contributed by atoms with Gasteiger partial charge in [0.2, 0.25) is 0 Å². The predicted molar refractivity (Wildman–Crippen MR) is 195 cm³/mol. The lowest BCUT2D eigenvalue weighted by molar-refractivity contribution is -0.272. The number of fused-ring (bicyclic) bond motifs is 1. The van der Waals surface area contributed by atoms with Gasteiger partial charge in [-0.15, -0.1) is 11.8 Å². The van der Waals surface area contributed by atoms with Crippen molar-refractivity contribution in [1.29, 1.82) is 0 Å². The predicted octanol–water partition coefficient (Wildman–Crippen LogP) is 8.70. The van der Waals surface area contributed by atoms with Gasteiger partial charge in [-0.05, 0) is 66.2 Å². The molecular weight excluding hydrogens is 633 g/mol. The third-order valence-electron chi connectivity index (χ3n) is 10.4. The van der Waals surface area contributed by atoms with Crippen LogP contribution in [-0.2, 0) is 48.3 Å². The second kappa shape index (κ2) is 16.8. The van der Waals surface area contributed by atoms with Gasteiger partial charge in [-0.2, -0.15) is 0 Å². The summed E-state index contributed by atoms with van der Waals surface area (Å²) in [5.41, 5.74) is 4.88. The molecule has 2 bridgehead atoms. The van der Waals surface area contributed by atoms with Crippen molar-refractivity contribution in [2.24, 2.45) is 17.3 Å². The number of rotatable bonds is 16. The standard InChI is InChI=1S/C42H50O6S/c1-5-37(29(2)43)49-40-39(46-26-32-19-13-8-14-20-32)38(45-25-31-17-11-7-12-18-31)36(28-44-24-30-15-9-6-10-16-30)48-41(40)47-27-33-21-34-23-35(22-33)42(34,3)4/h5-21,34-36,38-41H,22-28H2,1-4H3/b37-5-/t34-,35+,36-,38-,39+,40-,41+/m1/s1. The highest BCUT2D eigenvalue weighted by atomic mass is 32.2. The van der Waals surface area contributed by atoms with Gasteiger partial charge in [-0.1, -0.05) is 117 Å². The summed E-state index contributed by atoms with van der Waals surface area (Å²) in [6.07, 6.45) is 4.49. The van der Waals surface area contributed by atoms with E-state index >= 15 is 0 Å². The van der Waals surface area contributed by atoms with Crippen molar-refractivity contribution in [3.63, 3.8) is 0 Å². The maximum atomic E-state index is 12.8. The first-order valence-electron chi connectivity index (χ1n) is 17.5. The number of ketones is 1. The highest BCUT2D eigenvalue weighted by Crippen LogP contribution is 2.58. The zero-order valence-corrected chi connectivity index (χ0v) is 30.0. The van der Waals surface area contributed by atoms with Crippen molar-refractivity contribution < 1.29 is 28.5 Å². The topological polar surface area (TPSA) is 63.2 Å². The molecule has 3 aromatic carbocycles. The van der Waals surface area contributed by atoms with Crippen molar-refractivity contribution in [2.45, 2.75) is 90.2 Å². The van der Waals surface area contributed by atoms with Crippen molar-refractivity contribution >= 4 is 17.5 Å². The highest BCUT2D eigenvalue weighted by Gasteiger charge is 2.51. The molecule has 0 amide bonds. The SMILES string of the molecule is C/C=C(\S[C@H]1[C@@H](OCC2=C[C@@H]3C[C@H](C2)C3(C)C)O[C@H](COCc2ccccc2)[C@@H](OCc2ccccc2)[C@@H]1OCc1ccccc1)C(C)=O. The summed E-state index contributed by atoms with van der Waals surface area (Å²) in [6, 6.07) is 30.4. The molecule has 6 nitrogen and oxygen atoms in total. The molecule has 7 rings (SSSR count). The van der Waals surface area contributed by atoms with Gasteiger partial charge in [0, 0.05) is 4.91 Å². The van der Waals surface area contributed by atoms with Crippen LogP contribution < -0.4 is 0 Å². The monoisotopic (exact) mass is 682 g/mol. The molecule has 49 heavy (non-hydrogen) atoms. The molecule has 1 heterocycles. The normalized spacial score (nSPS) is 27.6. The third-order valence-corrected chi connectivity index (χ3v) is 11.9. The van der Waals surface area contributed by atoms with E-state index in [1.807, 2.05) is 67.6 Å². The fourth-order valence-corrected chi connectivity index (χ4v) is 8.43. The fraction of sp³-hybridized carbons (Fsp3) is 0.452. The molecule has 3 aromatic rings. The molecule has 4 aliphatic rings. The Hall–Kier alpha value is -3.04. The Balaban J connectivity index is 1.30. The molecule has 1 aliphatic heterocycles. The minimum Gasteiger partial charge on any atom is -0.374 e. The first-order chi connectivity index (χ1) is 23.8. The van der Waals surface area contributed by atoms with Crippen LogP contribution in [0.5, 0.6) is 0 Å². The lowest BCUT2D eigenvalue weighted by Crippen LogP contribution is -2.60. The number of Topliss-reactive ketones (excluding diaryl/α,β-unsaturated/α-hetero) is 1. The van der Waals surface area contributed by atoms with E-state index < -0.39 is 24.6 Å². The van der Waals surface area contributed by atoms with Crippen molar-refractivity contribution in [1.82, 2.24) is 0 Å². The molecule has 1 saturated carbocycles. The minimum atomic E-state index is -0.658. The minimum absolute atomic E-state index is 0.000407. The third kappa shape index (κ3) is 9.01. The summed E-state index contributed by atoms with van der Waals surface area (Å²) >= 11 is 1.47. The number of thioether (sulfide) groups is 1. The van der Waals surface area contributed by atoms with Crippen molar-refractivity contribution in [2.75, 3.05) is 13.2 Å². The van der Waals surface area contributed by atoms with Gasteiger partial charge in [-0.25, -0.2) is 0 Å². The zero-order chi connectivity index (χ0) is 34.2. The van der Waals surface area contributed by atoms with Crippen LogP contribution in [0, 0.1) is 17.3 Å². The summed E-state index contributed by atoms with van der Waals surface area (Å²) in [7, 11) is 0. The Morgan fingerprint density at radius 3 is 1.90 bits per heavy atom. The van der Waals surface area contributed by atoms with Crippen LogP contribution in [0.3, 0.4) is 0 Å². The first kappa shape index (κ1) is 35.8. The second-order valence-corrected chi connectivity index (χ2v) is 15.3. The van der Waals surface area contributed by atoms with Gasteiger partial charge in [0.25, 0.3) is 0 Å². The van der Waals surface area contributed by atoms with Gasteiger partial charge in [0.05, 0.1) is 38.3 Å². The molecule has 7 heteroatoms. The van der Waals surface area contributed by atoms with Gasteiger partial charge in [0.15, 0.2) is 12.1 Å². The molecule has 3 aliphatic carbocycles. The Morgan fingerprint density at radius 1 is 0.816 bits per heavy atom. The molecule has 2 fully saturated rings. The summed E-state index contributed by atoms with van der Waals surface area (Å²) in [6.45, 7) is 10.2. The van der Waals surface area contributed by atoms with Crippen molar-refractivity contribution in [3.8, 4) is 0 Å². The molecule has 0 aromatic heterocycles. The maximum absolute atomic E-state index is 12.8. The van der Waals surface area contributed by atoms with E-state index in [1.165, 1.54) is 23.8 Å². The van der Waals surface area contributed by atoms with Crippen LogP contribution >= 0.6 is 11.8 Å². The second-order valence-electron chi connectivity index (χ2n) is 14.1. The number of carbonyl (C=O) groups excluding carboxylic acids is 1. The van der Waals surface area contributed by atoms with Crippen LogP contribution in [0.2, 0.25) is 0 Å². The lowest BCUT2D eigenvalue weighted by atomic mass is 9.50. The van der Waals surface area contributed by atoms with E-state index in [9.17, 15) is 4.79 Å². The average molecular weight is 683 g/mol. The van der Waals surface area contributed by atoms with Crippen LogP contribution in [0.1, 0.15) is 57.2 Å². The van der Waals surface area contributed by atoms with Gasteiger partial charge in [0.1, 0.15) is 18.3 Å². The van der Waals surface area contributed by atoms with E-state index in [1.54, 1.807) is 6.92 Å². The lowest BCUT2D eigenvalue weighted by Gasteiger charge is -2.55. The van der Waals surface area contributed by atoms with Crippen LogP contribution in [0.4, 0.5) is 0 Å². The van der Waals surface area contributed by atoms with Crippen LogP contribution in [-0.4, -0.2) is 48.8 Å². The zero-order valence-electron chi connectivity index (χ0n) is 29.2. The number of allylic oxidation sites excluding steroid dienone is 3. The largest absolute Gasteiger partial charge is 0.374 e. The molecule has 0 spiro atoms. The smallest absolute Gasteiger partial charge is 0.173 e. The maximum Gasteiger partial charge on any atom is 0.173 e. The van der Waals surface area contributed by atoms with Gasteiger partial charge < -0.3 is 23.7 Å². The Kier molecular flexibility index (Phi) is 12.3. The average Bonchev–Trinajstić information content (AvgIpc) is 3.13. The summed E-state index contributed by atoms with van der Waals surface area (Å²) in [5.74, 6) is 1.27. The van der Waals surface area contributed by atoms with Gasteiger partial charge >= 0.3 is 0 Å². The highest BCUT2D eigenvalue weighted by molar-refractivity contribution is 8.04. The van der Waals surface area contributed by atoms with Crippen LogP contribution in [0.25, 0.3) is 0 Å². The van der Waals surface area contributed by atoms with Crippen molar-refractivity contribution in [3.05, 3.63) is 130 Å². The van der Waals surface area contributed by atoms with Gasteiger partial charge in [-0.3, -0.25) is 4.79 Å². The van der Waals surface area contributed by atoms with E-state index in [-0.39, 0.29) is 11.0 Å². The summed E-state index contributed by atoms with van der Waals surface area (Å²) < 4.78 is 33.6. The molecular formula is C42H50O6S. The van der Waals surface area contributed by atoms with E-state index in [0.717, 1.165) is 23.1 Å². The van der Waals surface area contributed by atoms with E-state index in [4.69, 9.17) is 23.7 Å². The number of ether oxygens (including phenoxy) is 5. The molecule has 0 N–H and O–H groups in total. The first-order valence-corrected chi connectivity index (χ1v) is 18.4. The molecule has 1 saturated heterocycles. The summed E-state index contributed by atoms with van der Waals surface area (Å²) in [4.78, 5) is 13.5. The van der Waals surface area contributed by atoms with E-state index in [2.05, 4.69) is 56.3 Å². The summed E-state index contributed by atoms with van der Waals surface area (Å²) in [5, 5.41) is -0.375. The molecule has 0 radical (unpaired) electrons. The molecule has 260 valence electrons. The fourth-order valence-electron chi connectivity index (χ4n) is 7.22. The number of hydrogen-bond donors (Lipinski definition) is 0. The Labute approximate surface area is 296 Å². The Morgan fingerprint density at radius 2 is 1.39 bits per heavy atom. The van der Waals surface area contributed by atoms with E-state index in [0.29, 0.717) is 55.2 Å².